The molecule has 1 atom stereocenters. The zero-order valence-electron chi connectivity index (χ0n) is 15.6. The normalized spacial score (nSPS) is 15.6. The molecule has 1 amide bonds. The lowest BCUT2D eigenvalue weighted by Crippen LogP contribution is -2.29. The molecular weight excluding hydrogens is 466 g/mol. The van der Waals surface area contributed by atoms with Gasteiger partial charge in [0.1, 0.15) is 5.58 Å². The quantitative estimate of drug-likeness (QED) is 0.364. The number of fused-ring (bicyclic) bond motifs is 2. The Bertz CT molecular complexity index is 1350. The van der Waals surface area contributed by atoms with Crippen LogP contribution in [-0.4, -0.2) is 10.8 Å². The van der Waals surface area contributed by atoms with E-state index < -0.39 is 6.04 Å². The molecule has 30 heavy (non-hydrogen) atoms. The molecule has 3 aromatic carbocycles. The molecule has 0 bridgehead atoms. The van der Waals surface area contributed by atoms with Crippen molar-refractivity contribution in [2.24, 2.45) is 0 Å². The average molecular weight is 481 g/mol. The molecule has 5 rings (SSSR count). The summed E-state index contributed by atoms with van der Waals surface area (Å²) in [6, 6.07) is 21.6. The number of benzene rings is 3. The van der Waals surface area contributed by atoms with Gasteiger partial charge in [-0.2, -0.15) is 0 Å². The largest absolute Gasteiger partial charge is 0.450 e. The van der Waals surface area contributed by atoms with Crippen LogP contribution in [0.5, 0.6) is 0 Å². The fourth-order valence-electron chi connectivity index (χ4n) is 3.96. The van der Waals surface area contributed by atoms with Crippen molar-refractivity contribution in [2.75, 3.05) is 0 Å². The summed E-state index contributed by atoms with van der Waals surface area (Å²) in [5.74, 6) is -0.205. The van der Waals surface area contributed by atoms with Crippen LogP contribution in [0, 0.1) is 0 Å². The van der Waals surface area contributed by atoms with Gasteiger partial charge in [0.05, 0.1) is 17.0 Å². The predicted octanol–water partition coefficient (Wildman–Crippen LogP) is 5.95. The van der Waals surface area contributed by atoms with Crippen molar-refractivity contribution >= 4 is 44.4 Å². The molecule has 4 nitrogen and oxygen atoms in total. The number of nitrogens with zero attached hydrogens (tertiary/aromatic N) is 1. The Morgan fingerprint density at radius 2 is 1.77 bits per heavy atom. The van der Waals surface area contributed by atoms with Gasteiger partial charge in [-0.25, -0.2) is 0 Å². The minimum Gasteiger partial charge on any atom is -0.450 e. The lowest BCUT2D eigenvalue weighted by molar-refractivity contribution is 0.0714. The van der Waals surface area contributed by atoms with E-state index >= 15 is 0 Å². The van der Waals surface area contributed by atoms with Crippen molar-refractivity contribution in [3.05, 3.63) is 115 Å². The first kappa shape index (κ1) is 19.1. The molecule has 0 aliphatic carbocycles. The number of rotatable bonds is 3. The van der Waals surface area contributed by atoms with E-state index in [1.165, 1.54) is 0 Å². The number of hydrogen-bond donors (Lipinski definition) is 0. The maximum atomic E-state index is 13.5. The van der Waals surface area contributed by atoms with Crippen molar-refractivity contribution in [1.29, 1.82) is 0 Å². The molecule has 6 heteroatoms. The molecule has 1 aromatic heterocycles. The standard InChI is InChI=1S/C24H15BrClNO3/c25-16-8-4-7-15(11-16)21-20-22(28)18-12-17(26)9-10-19(18)30-23(20)24(29)27(21)13-14-5-2-1-3-6-14/h1-12,21H,13H2. The summed E-state index contributed by atoms with van der Waals surface area (Å²) >= 11 is 9.61. The number of amides is 1. The lowest BCUT2D eigenvalue weighted by atomic mass is 9.98. The predicted molar refractivity (Wildman–Crippen MR) is 120 cm³/mol. The number of hydrogen-bond acceptors (Lipinski definition) is 3. The molecule has 0 saturated heterocycles. The van der Waals surface area contributed by atoms with Crippen LogP contribution in [0.1, 0.15) is 33.3 Å². The SMILES string of the molecule is O=C1c2oc3ccc(Cl)cc3c(=O)c2C(c2cccc(Br)c2)N1Cc1ccccc1. The summed E-state index contributed by atoms with van der Waals surface area (Å²) in [7, 11) is 0. The van der Waals surface area contributed by atoms with Gasteiger partial charge in [0, 0.05) is 16.0 Å². The Balaban J connectivity index is 1.75. The highest BCUT2D eigenvalue weighted by molar-refractivity contribution is 9.10. The van der Waals surface area contributed by atoms with Crippen LogP contribution >= 0.6 is 27.5 Å². The summed E-state index contributed by atoms with van der Waals surface area (Å²) in [6.07, 6.45) is 0. The first-order valence-electron chi connectivity index (χ1n) is 9.39. The van der Waals surface area contributed by atoms with E-state index in [0.717, 1.165) is 15.6 Å². The van der Waals surface area contributed by atoms with Gasteiger partial charge >= 0.3 is 0 Å². The molecule has 1 aliphatic rings. The van der Waals surface area contributed by atoms with Crippen molar-refractivity contribution in [2.45, 2.75) is 12.6 Å². The third kappa shape index (κ3) is 3.15. The number of halogens is 2. The third-order valence-electron chi connectivity index (χ3n) is 5.29. The summed E-state index contributed by atoms with van der Waals surface area (Å²) in [5.41, 5.74) is 2.28. The Hall–Kier alpha value is -2.89. The molecule has 1 unspecified atom stereocenters. The van der Waals surface area contributed by atoms with Gasteiger partial charge in [0.2, 0.25) is 5.76 Å². The van der Waals surface area contributed by atoms with E-state index in [1.807, 2.05) is 54.6 Å². The molecule has 2 heterocycles. The van der Waals surface area contributed by atoms with Gasteiger partial charge in [-0.05, 0) is 41.5 Å². The maximum absolute atomic E-state index is 13.5. The monoisotopic (exact) mass is 479 g/mol. The van der Waals surface area contributed by atoms with E-state index in [2.05, 4.69) is 15.9 Å². The van der Waals surface area contributed by atoms with Gasteiger partial charge in [0.25, 0.3) is 5.91 Å². The van der Waals surface area contributed by atoms with Crippen LogP contribution in [-0.2, 0) is 6.54 Å². The Labute approximate surface area is 185 Å². The van der Waals surface area contributed by atoms with Crippen LogP contribution in [0.3, 0.4) is 0 Å². The summed E-state index contributed by atoms with van der Waals surface area (Å²) in [4.78, 5) is 28.6. The highest BCUT2D eigenvalue weighted by Gasteiger charge is 2.42. The van der Waals surface area contributed by atoms with Crippen molar-refractivity contribution < 1.29 is 9.21 Å². The van der Waals surface area contributed by atoms with Gasteiger partial charge in [-0.15, -0.1) is 0 Å². The second kappa shape index (κ2) is 7.42. The third-order valence-corrected chi connectivity index (χ3v) is 6.02. The van der Waals surface area contributed by atoms with Crippen molar-refractivity contribution in [3.63, 3.8) is 0 Å². The second-order valence-corrected chi connectivity index (χ2v) is 8.54. The maximum Gasteiger partial charge on any atom is 0.291 e. The zero-order valence-corrected chi connectivity index (χ0v) is 18.0. The first-order valence-corrected chi connectivity index (χ1v) is 10.6. The minimum atomic E-state index is -0.551. The minimum absolute atomic E-state index is 0.0933. The summed E-state index contributed by atoms with van der Waals surface area (Å²) < 4.78 is 6.81. The van der Waals surface area contributed by atoms with Crippen LogP contribution in [0.4, 0.5) is 0 Å². The Kier molecular flexibility index (Phi) is 4.72. The van der Waals surface area contributed by atoms with Gasteiger partial charge in [-0.3, -0.25) is 9.59 Å². The first-order chi connectivity index (χ1) is 14.5. The molecule has 148 valence electrons. The van der Waals surface area contributed by atoms with Crippen LogP contribution in [0.2, 0.25) is 5.02 Å². The van der Waals surface area contributed by atoms with Gasteiger partial charge in [-0.1, -0.05) is 70.0 Å². The topological polar surface area (TPSA) is 50.5 Å². The molecule has 0 radical (unpaired) electrons. The Morgan fingerprint density at radius 1 is 0.967 bits per heavy atom. The summed E-state index contributed by atoms with van der Waals surface area (Å²) in [6.45, 7) is 0.359. The lowest BCUT2D eigenvalue weighted by Gasteiger charge is -2.25. The smallest absolute Gasteiger partial charge is 0.291 e. The van der Waals surface area contributed by atoms with Crippen molar-refractivity contribution in [1.82, 2.24) is 4.90 Å². The fourth-order valence-corrected chi connectivity index (χ4v) is 4.55. The molecule has 0 N–H and O–H groups in total. The van der Waals surface area contributed by atoms with E-state index in [1.54, 1.807) is 23.1 Å². The molecule has 1 aliphatic heterocycles. The van der Waals surface area contributed by atoms with E-state index in [0.29, 0.717) is 28.1 Å². The van der Waals surface area contributed by atoms with E-state index in [4.69, 9.17) is 16.0 Å². The summed E-state index contributed by atoms with van der Waals surface area (Å²) in [5, 5.41) is 0.815. The van der Waals surface area contributed by atoms with Gasteiger partial charge in [0.15, 0.2) is 5.43 Å². The molecule has 0 saturated carbocycles. The van der Waals surface area contributed by atoms with E-state index in [9.17, 15) is 9.59 Å². The molecule has 4 aromatic rings. The zero-order chi connectivity index (χ0) is 20.8. The highest BCUT2D eigenvalue weighted by Crippen LogP contribution is 2.39. The molecule has 0 spiro atoms. The fraction of sp³-hybridized carbons (Fsp3) is 0.0833. The van der Waals surface area contributed by atoms with Crippen LogP contribution < -0.4 is 5.43 Å². The molecular formula is C24H15BrClNO3. The second-order valence-electron chi connectivity index (χ2n) is 7.19. The molecule has 0 fully saturated rings. The number of carbonyl (C=O) groups is 1. The highest BCUT2D eigenvalue weighted by atomic mass is 79.9. The van der Waals surface area contributed by atoms with Crippen LogP contribution in [0.15, 0.2) is 86.5 Å². The Morgan fingerprint density at radius 3 is 2.53 bits per heavy atom. The van der Waals surface area contributed by atoms with Crippen LogP contribution in [0.25, 0.3) is 11.0 Å². The van der Waals surface area contributed by atoms with Gasteiger partial charge < -0.3 is 9.32 Å². The van der Waals surface area contributed by atoms with E-state index in [-0.39, 0.29) is 17.1 Å². The number of carbonyl (C=O) groups excluding carboxylic acids is 1. The van der Waals surface area contributed by atoms with Crippen molar-refractivity contribution in [3.8, 4) is 0 Å². The average Bonchev–Trinajstić information content (AvgIpc) is 3.02.